The van der Waals surface area contributed by atoms with Crippen LogP contribution >= 0.6 is 11.6 Å². The van der Waals surface area contributed by atoms with Gasteiger partial charge in [0.25, 0.3) is 11.6 Å². The summed E-state index contributed by atoms with van der Waals surface area (Å²) in [5, 5.41) is 18.8. The number of hydrogen-bond acceptors (Lipinski definition) is 5. The molecule has 0 spiro atoms. The van der Waals surface area contributed by atoms with Crippen LogP contribution in [0, 0.1) is 0 Å². The number of methoxy groups -OCH3 is 1. The smallest absolute Gasteiger partial charge is 0.326 e. The Labute approximate surface area is 209 Å². The van der Waals surface area contributed by atoms with Gasteiger partial charge in [0.05, 0.1) is 24.5 Å². The van der Waals surface area contributed by atoms with E-state index in [2.05, 4.69) is 5.10 Å². The number of ether oxygens (including phenoxy) is 1. The third kappa shape index (κ3) is 4.59. The highest BCUT2D eigenvalue weighted by atomic mass is 35.5. The second kappa shape index (κ2) is 10.4. The molecule has 1 aromatic carbocycles. The highest BCUT2D eigenvalue weighted by Gasteiger charge is 2.46. The molecule has 0 saturated carbocycles. The average molecular weight is 495 g/mol. The van der Waals surface area contributed by atoms with Crippen LogP contribution in [0.2, 0.25) is 5.02 Å². The quantitative estimate of drug-likeness (QED) is 0.337. The SMILES string of the molecule is CCCc1nn(-c2cccc(Cl)c2)c([O-])c1C1=C([n+]2cccc(CC)c2)C(=O)N(CCOC)C1=O. The zero-order chi connectivity index (χ0) is 25.1. The Bertz CT molecular complexity index is 1310. The van der Waals surface area contributed by atoms with E-state index in [0.717, 1.165) is 16.9 Å². The number of carbonyl (C=O) groups excluding carboxylic acids is 2. The van der Waals surface area contributed by atoms with Crippen LogP contribution in [0.5, 0.6) is 5.88 Å². The average Bonchev–Trinajstić information content (AvgIpc) is 3.30. The molecule has 0 unspecified atom stereocenters. The van der Waals surface area contributed by atoms with E-state index < -0.39 is 17.7 Å². The molecule has 1 aliphatic rings. The first-order valence-corrected chi connectivity index (χ1v) is 11.9. The van der Waals surface area contributed by atoms with Crippen molar-refractivity contribution >= 4 is 34.7 Å². The fourth-order valence-electron chi connectivity index (χ4n) is 4.18. The number of aromatic nitrogens is 3. The standard InChI is InChI=1S/C26H27ClN4O4/c1-4-8-20-21(25(33)31(28-20)19-11-6-10-18(27)15-19)22-23(29-12-7-9-17(5-2)16-29)26(34)30(24(22)32)13-14-35-3/h6-7,9-12,15-16H,4-5,8,13-14H2,1-3H3. The van der Waals surface area contributed by atoms with Gasteiger partial charge < -0.3 is 9.84 Å². The minimum absolute atomic E-state index is 0.0612. The molecule has 0 fully saturated rings. The van der Waals surface area contributed by atoms with E-state index in [1.165, 1.54) is 11.8 Å². The van der Waals surface area contributed by atoms with E-state index >= 15 is 0 Å². The lowest BCUT2D eigenvalue weighted by atomic mass is 10.0. The Kier molecular flexibility index (Phi) is 7.33. The summed E-state index contributed by atoms with van der Waals surface area (Å²) in [6.45, 7) is 4.24. The Balaban J connectivity index is 1.98. The van der Waals surface area contributed by atoms with Crippen LogP contribution in [0.25, 0.3) is 17.0 Å². The van der Waals surface area contributed by atoms with Crippen LogP contribution in [-0.4, -0.2) is 46.8 Å². The van der Waals surface area contributed by atoms with Crippen LogP contribution in [0.1, 0.15) is 37.1 Å². The fraction of sp³-hybridized carbons (Fsp3) is 0.308. The molecule has 35 heavy (non-hydrogen) atoms. The fourth-order valence-corrected chi connectivity index (χ4v) is 4.36. The molecule has 1 aliphatic heterocycles. The highest BCUT2D eigenvalue weighted by Crippen LogP contribution is 2.37. The van der Waals surface area contributed by atoms with E-state index in [9.17, 15) is 14.7 Å². The van der Waals surface area contributed by atoms with Crippen LogP contribution in [0.4, 0.5) is 0 Å². The summed E-state index contributed by atoms with van der Waals surface area (Å²) in [5.74, 6) is -1.47. The molecular formula is C26H27ClN4O4. The van der Waals surface area contributed by atoms with Crippen LogP contribution in [0.3, 0.4) is 0 Å². The molecule has 0 aliphatic carbocycles. The van der Waals surface area contributed by atoms with E-state index in [0.29, 0.717) is 29.2 Å². The van der Waals surface area contributed by atoms with Crippen molar-refractivity contribution in [3.63, 3.8) is 0 Å². The van der Waals surface area contributed by atoms with Gasteiger partial charge in [-0.25, -0.2) is 4.68 Å². The largest absolute Gasteiger partial charge is 0.858 e. The van der Waals surface area contributed by atoms with E-state index in [1.807, 2.05) is 32.2 Å². The maximum absolute atomic E-state index is 13.7. The van der Waals surface area contributed by atoms with Crippen molar-refractivity contribution in [2.45, 2.75) is 33.1 Å². The second-order valence-corrected chi connectivity index (χ2v) is 8.66. The van der Waals surface area contributed by atoms with Crippen LogP contribution in [0.15, 0.2) is 48.8 Å². The van der Waals surface area contributed by atoms with Gasteiger partial charge in [0.2, 0.25) is 0 Å². The zero-order valence-corrected chi connectivity index (χ0v) is 20.7. The maximum atomic E-state index is 13.7. The van der Waals surface area contributed by atoms with Gasteiger partial charge in [-0.15, -0.1) is 0 Å². The first kappa shape index (κ1) is 24.6. The Morgan fingerprint density at radius 3 is 2.63 bits per heavy atom. The minimum Gasteiger partial charge on any atom is -0.858 e. The first-order chi connectivity index (χ1) is 16.9. The van der Waals surface area contributed by atoms with Crippen molar-refractivity contribution in [1.82, 2.24) is 14.7 Å². The summed E-state index contributed by atoms with van der Waals surface area (Å²) >= 11 is 6.15. The number of carbonyl (C=O) groups is 2. The molecule has 2 aromatic heterocycles. The van der Waals surface area contributed by atoms with Gasteiger partial charge in [0, 0.05) is 29.3 Å². The number of aryl methyl sites for hydroxylation is 2. The third-order valence-corrected chi connectivity index (χ3v) is 6.13. The van der Waals surface area contributed by atoms with E-state index in [-0.39, 0.29) is 30.0 Å². The molecule has 0 saturated heterocycles. The normalized spacial score (nSPS) is 13.9. The molecule has 0 bridgehead atoms. The van der Waals surface area contributed by atoms with Gasteiger partial charge in [0.15, 0.2) is 12.4 Å². The Morgan fingerprint density at radius 2 is 1.94 bits per heavy atom. The van der Waals surface area contributed by atoms with Gasteiger partial charge in [-0.2, -0.15) is 9.67 Å². The topological polar surface area (TPSA) is 91.4 Å². The summed E-state index contributed by atoms with van der Waals surface area (Å²) in [4.78, 5) is 28.3. The lowest BCUT2D eigenvalue weighted by molar-refractivity contribution is -0.577. The number of hydrogen-bond donors (Lipinski definition) is 0. The van der Waals surface area contributed by atoms with Gasteiger partial charge in [-0.05, 0) is 43.0 Å². The molecule has 3 aromatic rings. The number of pyridine rings is 1. The summed E-state index contributed by atoms with van der Waals surface area (Å²) in [7, 11) is 1.50. The molecule has 0 atom stereocenters. The molecule has 0 radical (unpaired) electrons. The van der Waals surface area contributed by atoms with Crippen molar-refractivity contribution in [1.29, 1.82) is 0 Å². The van der Waals surface area contributed by atoms with E-state index in [1.54, 1.807) is 35.0 Å². The summed E-state index contributed by atoms with van der Waals surface area (Å²) in [6, 6.07) is 10.6. The molecule has 9 heteroatoms. The summed E-state index contributed by atoms with van der Waals surface area (Å²) in [5.41, 5.74) is 2.29. The van der Waals surface area contributed by atoms with Crippen molar-refractivity contribution < 1.29 is 24.0 Å². The van der Waals surface area contributed by atoms with Gasteiger partial charge >= 0.3 is 5.91 Å². The first-order valence-electron chi connectivity index (χ1n) is 11.6. The highest BCUT2D eigenvalue weighted by molar-refractivity contribution is 6.45. The van der Waals surface area contributed by atoms with Crippen molar-refractivity contribution in [3.8, 4) is 11.6 Å². The van der Waals surface area contributed by atoms with Crippen molar-refractivity contribution in [2.75, 3.05) is 20.3 Å². The van der Waals surface area contributed by atoms with Gasteiger partial charge in [-0.3, -0.25) is 14.5 Å². The third-order valence-electron chi connectivity index (χ3n) is 5.90. The number of rotatable bonds is 9. The molecule has 2 amide bonds. The second-order valence-electron chi connectivity index (χ2n) is 8.22. The number of halogens is 1. The zero-order valence-electron chi connectivity index (χ0n) is 20.0. The lowest BCUT2D eigenvalue weighted by Gasteiger charge is -2.15. The molecular weight excluding hydrogens is 468 g/mol. The Hall–Kier alpha value is -3.49. The van der Waals surface area contributed by atoms with Crippen LogP contribution < -0.4 is 9.67 Å². The monoisotopic (exact) mass is 494 g/mol. The number of amides is 2. The molecule has 0 N–H and O–H groups in total. The minimum atomic E-state index is -0.531. The van der Waals surface area contributed by atoms with Gasteiger partial charge in [0.1, 0.15) is 5.57 Å². The van der Waals surface area contributed by atoms with Crippen molar-refractivity contribution in [3.05, 3.63) is 70.6 Å². The number of nitrogens with zero attached hydrogens (tertiary/aromatic N) is 4. The van der Waals surface area contributed by atoms with E-state index in [4.69, 9.17) is 16.3 Å². The van der Waals surface area contributed by atoms with Crippen molar-refractivity contribution in [2.24, 2.45) is 0 Å². The summed E-state index contributed by atoms with van der Waals surface area (Å²) < 4.78 is 8.00. The van der Waals surface area contributed by atoms with Gasteiger partial charge in [-0.1, -0.05) is 37.9 Å². The predicted octanol–water partition coefficient (Wildman–Crippen LogP) is 2.79. The molecule has 8 nitrogen and oxygen atoms in total. The van der Waals surface area contributed by atoms with Crippen LogP contribution in [-0.2, 0) is 27.2 Å². The molecule has 182 valence electrons. The maximum Gasteiger partial charge on any atom is 0.326 e. The summed E-state index contributed by atoms with van der Waals surface area (Å²) in [6.07, 6.45) is 5.44. The molecule has 4 rings (SSSR count). The molecule has 3 heterocycles. The lowest BCUT2D eigenvalue weighted by Crippen LogP contribution is -2.40. The Morgan fingerprint density at radius 1 is 1.14 bits per heavy atom. The number of benzene rings is 1. The number of imide groups is 1. The predicted molar refractivity (Wildman–Crippen MR) is 130 cm³/mol.